The lowest BCUT2D eigenvalue weighted by Gasteiger charge is -2.43. The van der Waals surface area contributed by atoms with Gasteiger partial charge in [-0.1, -0.05) is 81.4 Å². The van der Waals surface area contributed by atoms with Crippen molar-refractivity contribution in [3.8, 4) is 0 Å². The molecule has 1 aliphatic rings. The van der Waals surface area contributed by atoms with Crippen molar-refractivity contribution in [2.45, 2.75) is 51.2 Å². The van der Waals surface area contributed by atoms with Crippen molar-refractivity contribution in [3.63, 3.8) is 0 Å². The number of ether oxygens (including phenoxy) is 1. The van der Waals surface area contributed by atoms with E-state index < -0.39 is 15.9 Å². The van der Waals surface area contributed by atoms with E-state index in [-0.39, 0.29) is 22.7 Å². The van der Waals surface area contributed by atoms with Crippen LogP contribution >= 0.6 is 19.4 Å². The van der Waals surface area contributed by atoms with Gasteiger partial charge in [0.25, 0.3) is 8.32 Å². The molecule has 0 spiro atoms. The van der Waals surface area contributed by atoms with Crippen molar-refractivity contribution in [3.05, 3.63) is 60.7 Å². The minimum absolute atomic E-state index is 0.0710. The molecule has 3 rings (SSSR count). The maximum absolute atomic E-state index is 12.9. The van der Waals surface area contributed by atoms with Crippen LogP contribution in [0.15, 0.2) is 60.7 Å². The zero-order valence-corrected chi connectivity index (χ0v) is 23.1. The van der Waals surface area contributed by atoms with E-state index in [2.05, 4.69) is 69.3 Å². The smallest absolute Gasteiger partial charge is 0.334 e. The average molecular weight is 509 g/mol. The molecule has 1 heterocycles. The van der Waals surface area contributed by atoms with E-state index in [1.54, 1.807) is 11.8 Å². The average Bonchev–Trinajstić information content (AvgIpc) is 3.22. The van der Waals surface area contributed by atoms with E-state index >= 15 is 0 Å². The molecule has 0 aliphatic carbocycles. The van der Waals surface area contributed by atoms with E-state index in [0.29, 0.717) is 19.8 Å². The third kappa shape index (κ3) is 6.40. The summed E-state index contributed by atoms with van der Waals surface area (Å²) >= 11 is 1.66. The fourth-order valence-electron chi connectivity index (χ4n) is 4.39. The van der Waals surface area contributed by atoms with Crippen LogP contribution in [0.1, 0.15) is 34.6 Å². The van der Waals surface area contributed by atoms with Gasteiger partial charge in [-0.25, -0.2) is 0 Å². The van der Waals surface area contributed by atoms with Crippen molar-refractivity contribution >= 4 is 38.0 Å². The van der Waals surface area contributed by atoms with Crippen LogP contribution in [0, 0.1) is 0 Å². The normalized spacial score (nSPS) is 19.7. The van der Waals surface area contributed by atoms with Gasteiger partial charge in [0.15, 0.2) is 0 Å². The van der Waals surface area contributed by atoms with Gasteiger partial charge in [0.05, 0.1) is 32.1 Å². The number of thioether (sulfide) groups is 1. The first-order valence-electron chi connectivity index (χ1n) is 11.6. The highest BCUT2D eigenvalue weighted by Gasteiger charge is 2.50. The summed E-state index contributed by atoms with van der Waals surface area (Å²) in [4.78, 5) is 0. The Kier molecular flexibility index (Phi) is 9.44. The molecule has 8 heteroatoms. The minimum Gasteiger partial charge on any atom is -0.405 e. The second-order valence-electron chi connectivity index (χ2n) is 9.12. The standard InChI is InChI=1S/C25H37O5PSSi/c1-6-27-31(26,28-7-2)19-24-30-21(20-32-24)18-29-33(25(3,4)5,22-14-10-8-11-15-22)23-16-12-9-13-17-23/h8-17,21,24H,6-7,18-20H2,1-5H3/t21-,24+/m1/s1. The molecular weight excluding hydrogens is 471 g/mol. The van der Waals surface area contributed by atoms with Gasteiger partial charge >= 0.3 is 7.60 Å². The second kappa shape index (κ2) is 11.7. The van der Waals surface area contributed by atoms with Crippen LogP contribution in [0.4, 0.5) is 0 Å². The van der Waals surface area contributed by atoms with Crippen LogP contribution in [0.25, 0.3) is 0 Å². The molecule has 0 unspecified atom stereocenters. The molecule has 0 bridgehead atoms. The van der Waals surface area contributed by atoms with Gasteiger partial charge in [-0.2, -0.15) is 0 Å². The zero-order valence-electron chi connectivity index (χ0n) is 20.4. The van der Waals surface area contributed by atoms with Gasteiger partial charge in [0, 0.05) is 5.75 Å². The van der Waals surface area contributed by atoms with Gasteiger partial charge in [0.2, 0.25) is 0 Å². The predicted octanol–water partition coefficient (Wildman–Crippen LogP) is 5.29. The van der Waals surface area contributed by atoms with Crippen LogP contribution in [0.2, 0.25) is 5.04 Å². The second-order valence-corrected chi connectivity index (χ2v) is 16.7. The minimum atomic E-state index is -3.15. The Balaban J connectivity index is 1.80. The van der Waals surface area contributed by atoms with Gasteiger partial charge in [-0.05, 0) is 29.3 Å². The number of benzene rings is 2. The van der Waals surface area contributed by atoms with Crippen LogP contribution < -0.4 is 10.4 Å². The van der Waals surface area contributed by atoms with E-state index in [9.17, 15) is 4.57 Å². The Hall–Kier alpha value is -0.923. The van der Waals surface area contributed by atoms with Crippen molar-refractivity contribution in [1.29, 1.82) is 0 Å². The largest absolute Gasteiger partial charge is 0.405 e. The van der Waals surface area contributed by atoms with Gasteiger partial charge in [0.1, 0.15) is 5.44 Å². The summed E-state index contributed by atoms with van der Waals surface area (Å²) in [6.45, 7) is 11.7. The lowest BCUT2D eigenvalue weighted by molar-refractivity contribution is 0.0370. The lowest BCUT2D eigenvalue weighted by atomic mass is 10.2. The number of hydrogen-bond acceptors (Lipinski definition) is 6. The summed E-state index contributed by atoms with van der Waals surface area (Å²) in [6.07, 6.45) is 0.188. The van der Waals surface area contributed by atoms with E-state index in [1.165, 1.54) is 10.4 Å². The summed E-state index contributed by atoms with van der Waals surface area (Å²) in [6, 6.07) is 21.2. The first kappa shape index (κ1) is 26.7. The van der Waals surface area contributed by atoms with Gasteiger partial charge in [-0.15, -0.1) is 11.8 Å². The monoisotopic (exact) mass is 508 g/mol. The molecular formula is C25H37O5PSSi. The maximum Gasteiger partial charge on any atom is 0.334 e. The quantitative estimate of drug-likeness (QED) is 0.304. The summed E-state index contributed by atoms with van der Waals surface area (Å²) in [5, 5.41) is 2.42. The fraction of sp³-hybridized carbons (Fsp3) is 0.520. The predicted molar refractivity (Wildman–Crippen MR) is 140 cm³/mol. The highest BCUT2D eigenvalue weighted by atomic mass is 32.2. The molecule has 0 N–H and O–H groups in total. The highest BCUT2D eigenvalue weighted by molar-refractivity contribution is 8.00. The molecule has 0 aromatic heterocycles. The molecule has 182 valence electrons. The van der Waals surface area contributed by atoms with E-state index in [0.717, 1.165) is 5.75 Å². The van der Waals surface area contributed by atoms with Crippen molar-refractivity contribution in [1.82, 2.24) is 0 Å². The Bertz CT molecular complexity index is 857. The SMILES string of the molecule is CCOP(=O)(C[C@H]1O[C@H](CO[Si](c2ccccc2)(c2ccccc2)C(C)(C)C)CS1)OCC. The summed E-state index contributed by atoms with van der Waals surface area (Å²) in [5.74, 6) is 0.793. The molecule has 0 radical (unpaired) electrons. The van der Waals surface area contributed by atoms with Crippen molar-refractivity contribution < 1.29 is 22.8 Å². The molecule has 5 nitrogen and oxygen atoms in total. The molecule has 1 aliphatic heterocycles. The maximum atomic E-state index is 12.9. The molecule has 0 saturated carbocycles. The van der Waals surface area contributed by atoms with E-state index in [4.69, 9.17) is 18.2 Å². The van der Waals surface area contributed by atoms with E-state index in [1.807, 2.05) is 26.0 Å². The Morgan fingerprint density at radius 2 is 1.48 bits per heavy atom. The third-order valence-electron chi connectivity index (χ3n) is 5.74. The molecule has 33 heavy (non-hydrogen) atoms. The molecule has 2 aromatic rings. The Labute approximate surface area is 204 Å². The Morgan fingerprint density at radius 1 is 0.970 bits per heavy atom. The third-order valence-corrected chi connectivity index (χ3v) is 14.3. The number of rotatable bonds is 11. The number of hydrogen-bond donors (Lipinski definition) is 0. The highest BCUT2D eigenvalue weighted by Crippen LogP contribution is 2.51. The molecule has 2 aromatic carbocycles. The zero-order chi connectivity index (χ0) is 24.0. The van der Waals surface area contributed by atoms with Crippen LogP contribution in [-0.4, -0.2) is 51.6 Å². The van der Waals surface area contributed by atoms with Crippen molar-refractivity contribution in [2.24, 2.45) is 0 Å². The first-order chi connectivity index (χ1) is 15.7. The van der Waals surface area contributed by atoms with Crippen LogP contribution in [0.3, 0.4) is 0 Å². The first-order valence-corrected chi connectivity index (χ1v) is 16.3. The Morgan fingerprint density at radius 3 is 1.94 bits per heavy atom. The summed E-state index contributed by atoms with van der Waals surface area (Å²) in [7, 11) is -5.75. The van der Waals surface area contributed by atoms with Gasteiger partial charge in [-0.3, -0.25) is 4.57 Å². The fourth-order valence-corrected chi connectivity index (χ4v) is 12.3. The topological polar surface area (TPSA) is 54.0 Å². The molecule has 1 saturated heterocycles. The van der Waals surface area contributed by atoms with Crippen LogP contribution in [-0.2, 0) is 22.8 Å². The summed E-state index contributed by atoms with van der Waals surface area (Å²) in [5.41, 5.74) is -0.221. The lowest BCUT2D eigenvalue weighted by Crippen LogP contribution is -2.67. The molecule has 0 amide bonds. The van der Waals surface area contributed by atoms with Crippen LogP contribution in [0.5, 0.6) is 0 Å². The van der Waals surface area contributed by atoms with Gasteiger partial charge < -0.3 is 18.2 Å². The summed E-state index contributed by atoms with van der Waals surface area (Å²) < 4.78 is 37.1. The van der Waals surface area contributed by atoms with Crippen molar-refractivity contribution in [2.75, 3.05) is 31.7 Å². The molecule has 2 atom stereocenters. The molecule has 1 fully saturated rings.